The van der Waals surface area contributed by atoms with Crippen LogP contribution >= 0.6 is 0 Å². The van der Waals surface area contributed by atoms with Crippen molar-refractivity contribution >= 4 is 10.1 Å². The first-order valence-electron chi connectivity index (χ1n) is 4.36. The lowest BCUT2D eigenvalue weighted by Crippen LogP contribution is -2.37. The van der Waals surface area contributed by atoms with Crippen LogP contribution in [0.3, 0.4) is 0 Å². The van der Waals surface area contributed by atoms with Crippen LogP contribution in [0.25, 0.3) is 0 Å². The molecule has 86 valence electrons. The molecule has 1 aromatic rings. The maximum Gasteiger partial charge on any atom is 0.265 e. The predicted octanol–water partition coefficient (Wildman–Crippen LogP) is 0.321. The molecule has 6 heteroatoms. The number of hydrogen-bond acceptors (Lipinski definition) is 3. The van der Waals surface area contributed by atoms with Gasteiger partial charge in [-0.05, 0) is 0 Å². The van der Waals surface area contributed by atoms with E-state index in [0.29, 0.717) is 6.54 Å². The molecule has 1 heterocycles. The molecule has 1 unspecified atom stereocenters. The third-order valence-corrected chi connectivity index (χ3v) is 2.79. The van der Waals surface area contributed by atoms with Gasteiger partial charge in [-0.3, -0.25) is 4.55 Å². The van der Waals surface area contributed by atoms with Gasteiger partial charge in [0, 0.05) is 18.1 Å². The highest BCUT2D eigenvalue weighted by Gasteiger charge is 2.15. The van der Waals surface area contributed by atoms with Crippen LogP contribution in [0.15, 0.2) is 30.6 Å². The second-order valence-electron chi connectivity index (χ2n) is 3.43. The monoisotopic (exact) mass is 233 g/mol. The Morgan fingerprint density at radius 2 is 1.80 bits per heavy atom. The third kappa shape index (κ3) is 6.16. The molecule has 1 aromatic heterocycles. The smallest absolute Gasteiger partial charge is 0.265 e. The first-order valence-corrected chi connectivity index (χ1v) is 5.97. The van der Waals surface area contributed by atoms with Gasteiger partial charge in [0.25, 0.3) is 10.1 Å². The molecule has 0 aliphatic rings. The zero-order valence-electron chi connectivity index (χ0n) is 8.44. The Morgan fingerprint density at radius 1 is 1.27 bits per heavy atom. The first-order chi connectivity index (χ1) is 6.47. The molecule has 0 radical (unpaired) electrons. The Morgan fingerprint density at radius 3 is 2.27 bits per heavy atom. The lowest BCUT2D eigenvalue weighted by molar-refractivity contribution is -0.702. The van der Waals surface area contributed by atoms with Gasteiger partial charge in [0.2, 0.25) is 0 Å². The Kier molecular flexibility index (Phi) is 5.41. The van der Waals surface area contributed by atoms with Gasteiger partial charge in [-0.15, -0.1) is 0 Å². The summed E-state index contributed by atoms with van der Waals surface area (Å²) in [4.78, 5) is 0. The van der Waals surface area contributed by atoms with Crippen LogP contribution in [0.2, 0.25) is 0 Å². The molecular formula is C9H15NO4S. The molecular weight excluding hydrogens is 218 g/mol. The summed E-state index contributed by atoms with van der Waals surface area (Å²) in [6, 6.07) is 5.64. The second-order valence-corrected chi connectivity index (χ2v) is 4.92. The molecule has 0 fully saturated rings. The molecule has 0 saturated heterocycles. The average Bonchev–Trinajstić information content (AvgIpc) is 2.02. The number of pyridine rings is 1. The predicted molar refractivity (Wildman–Crippen MR) is 54.2 cm³/mol. The summed E-state index contributed by atoms with van der Waals surface area (Å²) in [7, 11) is -3.86. The van der Waals surface area contributed by atoms with E-state index in [1.54, 1.807) is 6.92 Å². The minimum Gasteiger partial charge on any atom is -0.870 e. The van der Waals surface area contributed by atoms with Crippen molar-refractivity contribution in [3.63, 3.8) is 0 Å². The van der Waals surface area contributed by atoms with E-state index < -0.39 is 10.1 Å². The Hall–Kier alpha value is -0.980. The van der Waals surface area contributed by atoms with Crippen LogP contribution in [0.4, 0.5) is 0 Å². The van der Waals surface area contributed by atoms with Crippen molar-refractivity contribution in [2.45, 2.75) is 13.5 Å². The number of hydrogen-bond donors (Lipinski definition) is 1. The van der Waals surface area contributed by atoms with Gasteiger partial charge in [0.05, 0.1) is 5.75 Å². The van der Waals surface area contributed by atoms with Crippen LogP contribution in [0.5, 0.6) is 0 Å². The second kappa shape index (κ2) is 5.79. The highest BCUT2D eigenvalue weighted by Crippen LogP contribution is 1.99. The van der Waals surface area contributed by atoms with Crippen LogP contribution in [-0.2, 0) is 16.7 Å². The SMILES string of the molecule is CC(C[n+]1ccccc1)CS(=O)(=O)O.[OH-]. The van der Waals surface area contributed by atoms with Crippen LogP contribution in [-0.4, -0.2) is 24.2 Å². The van der Waals surface area contributed by atoms with E-state index in [0.717, 1.165) is 0 Å². The molecule has 0 saturated carbocycles. The largest absolute Gasteiger partial charge is 0.870 e. The zero-order valence-corrected chi connectivity index (χ0v) is 9.26. The summed E-state index contributed by atoms with van der Waals surface area (Å²) >= 11 is 0. The molecule has 0 amide bonds. The fraction of sp³-hybridized carbons (Fsp3) is 0.444. The fourth-order valence-corrected chi connectivity index (χ4v) is 2.15. The van der Waals surface area contributed by atoms with Crippen LogP contribution in [0.1, 0.15) is 6.92 Å². The minimum atomic E-state index is -3.86. The highest BCUT2D eigenvalue weighted by molar-refractivity contribution is 7.85. The van der Waals surface area contributed by atoms with Gasteiger partial charge in [0.1, 0.15) is 0 Å². The summed E-state index contributed by atoms with van der Waals surface area (Å²) in [5, 5.41) is 0. The van der Waals surface area contributed by atoms with Crippen molar-refractivity contribution in [1.29, 1.82) is 0 Å². The van der Waals surface area contributed by atoms with E-state index in [9.17, 15) is 8.42 Å². The van der Waals surface area contributed by atoms with Gasteiger partial charge < -0.3 is 5.48 Å². The standard InChI is InChI=1S/C9H13NO3S.H2O/c1-9(8-14(11,12)13)7-10-5-3-2-4-6-10;/h2-6,9H,7-8H2,1H3;1H2. The summed E-state index contributed by atoms with van der Waals surface area (Å²) in [5.74, 6) is -0.299. The van der Waals surface area contributed by atoms with Gasteiger partial charge in [-0.1, -0.05) is 13.0 Å². The molecule has 15 heavy (non-hydrogen) atoms. The van der Waals surface area contributed by atoms with Crippen molar-refractivity contribution in [2.24, 2.45) is 5.92 Å². The lowest BCUT2D eigenvalue weighted by Gasteiger charge is -2.04. The van der Waals surface area contributed by atoms with Crippen molar-refractivity contribution in [3.05, 3.63) is 30.6 Å². The molecule has 0 aliphatic carbocycles. The fourth-order valence-electron chi connectivity index (χ4n) is 1.33. The summed E-state index contributed by atoms with van der Waals surface area (Å²) in [5.41, 5.74) is 0. The molecule has 0 aliphatic heterocycles. The van der Waals surface area contributed by atoms with Crippen molar-refractivity contribution in [1.82, 2.24) is 0 Å². The molecule has 1 rings (SSSR count). The van der Waals surface area contributed by atoms with Crippen LogP contribution in [0, 0.1) is 5.92 Å². The van der Waals surface area contributed by atoms with E-state index in [4.69, 9.17) is 4.55 Å². The van der Waals surface area contributed by atoms with Gasteiger partial charge in [0.15, 0.2) is 18.9 Å². The Bertz CT molecular complexity index is 376. The highest BCUT2D eigenvalue weighted by atomic mass is 32.2. The molecule has 0 bridgehead atoms. The maximum absolute atomic E-state index is 10.6. The Balaban J connectivity index is 0.00000196. The molecule has 1 atom stereocenters. The quantitative estimate of drug-likeness (QED) is 0.599. The molecule has 0 spiro atoms. The number of aromatic nitrogens is 1. The third-order valence-electron chi connectivity index (χ3n) is 1.79. The molecule has 5 nitrogen and oxygen atoms in total. The lowest BCUT2D eigenvalue weighted by atomic mass is 10.2. The normalized spacial score (nSPS) is 12.9. The van der Waals surface area contributed by atoms with E-state index in [2.05, 4.69) is 0 Å². The number of rotatable bonds is 4. The van der Waals surface area contributed by atoms with E-state index in [-0.39, 0.29) is 17.1 Å². The molecule has 0 aromatic carbocycles. The zero-order chi connectivity index (χ0) is 10.6. The minimum absolute atomic E-state index is 0. The van der Waals surface area contributed by atoms with Crippen LogP contribution < -0.4 is 4.57 Å². The van der Waals surface area contributed by atoms with E-state index >= 15 is 0 Å². The van der Waals surface area contributed by atoms with Gasteiger partial charge in [-0.2, -0.15) is 8.42 Å². The van der Waals surface area contributed by atoms with Gasteiger partial charge in [-0.25, -0.2) is 4.57 Å². The van der Waals surface area contributed by atoms with Crippen molar-refractivity contribution in [2.75, 3.05) is 5.75 Å². The topological polar surface area (TPSA) is 88.2 Å². The van der Waals surface area contributed by atoms with E-state index in [1.165, 1.54) is 0 Å². The number of nitrogens with zero attached hydrogens (tertiary/aromatic N) is 1. The van der Waals surface area contributed by atoms with Crippen molar-refractivity contribution < 1.29 is 23.0 Å². The average molecular weight is 233 g/mol. The van der Waals surface area contributed by atoms with E-state index in [1.807, 2.05) is 35.2 Å². The first kappa shape index (κ1) is 14.0. The van der Waals surface area contributed by atoms with Gasteiger partial charge >= 0.3 is 0 Å². The maximum atomic E-state index is 10.6. The Labute approximate surface area is 89.4 Å². The summed E-state index contributed by atoms with van der Waals surface area (Å²) < 4.78 is 31.7. The molecule has 2 N–H and O–H groups in total. The van der Waals surface area contributed by atoms with Crippen molar-refractivity contribution in [3.8, 4) is 0 Å². The summed E-state index contributed by atoms with van der Waals surface area (Å²) in [6.45, 7) is 2.37. The summed E-state index contributed by atoms with van der Waals surface area (Å²) in [6.07, 6.45) is 3.72.